The summed E-state index contributed by atoms with van der Waals surface area (Å²) in [5.41, 5.74) is 8.51. The number of aliphatic hydroxyl groups is 2. The molecule has 0 amide bonds. The molecule has 3 atom stereocenters. The second-order valence-electron chi connectivity index (χ2n) is 8.15. The van der Waals surface area contributed by atoms with Gasteiger partial charge in [-0.05, 0) is 24.5 Å². The summed E-state index contributed by atoms with van der Waals surface area (Å²) < 4.78 is 7.39. The van der Waals surface area contributed by atoms with Crippen molar-refractivity contribution in [2.75, 3.05) is 17.7 Å². The van der Waals surface area contributed by atoms with E-state index < -0.39 is 18.4 Å². The molecule has 4 rings (SSSR count). The van der Waals surface area contributed by atoms with Gasteiger partial charge in [0.1, 0.15) is 23.6 Å². The molecule has 0 bridgehead atoms. The van der Waals surface area contributed by atoms with Crippen LogP contribution in [0.5, 0.6) is 5.75 Å². The van der Waals surface area contributed by atoms with Gasteiger partial charge in [-0.25, -0.2) is 4.98 Å². The van der Waals surface area contributed by atoms with Crippen molar-refractivity contribution in [1.82, 2.24) is 19.5 Å². The van der Waals surface area contributed by atoms with E-state index in [1.54, 1.807) is 10.6 Å². The maximum Gasteiger partial charge on any atom is 0.231 e. The van der Waals surface area contributed by atoms with Crippen LogP contribution < -0.4 is 11.1 Å². The number of phenols is 1. The average molecular weight is 443 g/mol. The maximum absolute atomic E-state index is 10.4. The molecule has 1 aliphatic heterocycles. The van der Waals surface area contributed by atoms with Crippen LogP contribution in [0.25, 0.3) is 11.2 Å². The summed E-state index contributed by atoms with van der Waals surface area (Å²) in [6.07, 6.45) is 5.29. The number of ether oxygens (including phenoxy) is 1. The van der Waals surface area contributed by atoms with Crippen molar-refractivity contribution < 1.29 is 20.1 Å². The molecule has 0 aliphatic carbocycles. The number of aliphatic hydroxyl groups excluding tert-OH is 2. The van der Waals surface area contributed by atoms with Gasteiger partial charge in [0.25, 0.3) is 0 Å². The third-order valence-corrected chi connectivity index (χ3v) is 5.78. The molecule has 0 radical (unpaired) electrons. The van der Waals surface area contributed by atoms with Gasteiger partial charge in [-0.15, -0.1) is 0 Å². The number of aryl methyl sites for hydroxylation is 1. The Labute approximate surface area is 186 Å². The fourth-order valence-corrected chi connectivity index (χ4v) is 3.98. The van der Waals surface area contributed by atoms with Gasteiger partial charge in [0, 0.05) is 18.2 Å². The van der Waals surface area contributed by atoms with E-state index in [9.17, 15) is 15.3 Å². The highest BCUT2D eigenvalue weighted by Crippen LogP contribution is 2.32. The van der Waals surface area contributed by atoms with Crippen LogP contribution in [0.3, 0.4) is 0 Å². The zero-order valence-electron chi connectivity index (χ0n) is 18.1. The summed E-state index contributed by atoms with van der Waals surface area (Å²) in [6, 6.07) is 5.43. The first-order valence-electron chi connectivity index (χ1n) is 11.0. The molecular weight excluding hydrogens is 412 g/mol. The Morgan fingerprint density at radius 3 is 2.81 bits per heavy atom. The van der Waals surface area contributed by atoms with Crippen molar-refractivity contribution in [2.45, 2.75) is 63.9 Å². The fraction of sp³-hybridized carbons (Fsp3) is 0.500. The van der Waals surface area contributed by atoms with E-state index in [1.165, 1.54) is 19.2 Å². The normalized spacial score (nSPS) is 20.8. The van der Waals surface area contributed by atoms with Crippen LogP contribution in [0.2, 0.25) is 0 Å². The third-order valence-electron chi connectivity index (χ3n) is 5.78. The van der Waals surface area contributed by atoms with Gasteiger partial charge in [-0.3, -0.25) is 4.57 Å². The van der Waals surface area contributed by atoms with Crippen LogP contribution in [0.1, 0.15) is 50.8 Å². The van der Waals surface area contributed by atoms with E-state index in [0.717, 1.165) is 24.8 Å². The molecule has 1 fully saturated rings. The predicted octanol–water partition coefficient (Wildman–Crippen LogP) is 2.62. The van der Waals surface area contributed by atoms with Crippen molar-refractivity contribution in [3.63, 3.8) is 0 Å². The summed E-state index contributed by atoms with van der Waals surface area (Å²) in [4.78, 5) is 13.1. The minimum atomic E-state index is -0.775. The Morgan fingerprint density at radius 2 is 2.09 bits per heavy atom. The van der Waals surface area contributed by atoms with Gasteiger partial charge >= 0.3 is 0 Å². The Hall–Kier alpha value is -2.95. The lowest BCUT2D eigenvalue weighted by Crippen LogP contribution is -2.24. The standard InChI is InChI=1S/C22H30N6O4/c1-2-3-4-5-6-13-7-8-14(9-15(13)30)25-22-26-20(23)19-21(27-22)28(12-24-19)18-10-16(31)17(11-29)32-18/h7-9,12,16-18,29-31H,2-6,10-11H2,1H3,(H3,23,25,26,27)/t16-,17-,18-/m1/s1. The lowest BCUT2D eigenvalue weighted by atomic mass is 10.0. The summed E-state index contributed by atoms with van der Waals surface area (Å²) in [6.45, 7) is 1.90. The monoisotopic (exact) mass is 442 g/mol. The zero-order valence-corrected chi connectivity index (χ0v) is 18.1. The summed E-state index contributed by atoms with van der Waals surface area (Å²) in [5.74, 6) is 0.684. The average Bonchev–Trinajstić information content (AvgIpc) is 3.36. The fourth-order valence-electron chi connectivity index (χ4n) is 3.98. The number of rotatable bonds is 9. The maximum atomic E-state index is 10.4. The van der Waals surface area contributed by atoms with E-state index in [1.807, 2.05) is 12.1 Å². The number of anilines is 3. The van der Waals surface area contributed by atoms with Gasteiger partial charge in [0.05, 0.1) is 19.0 Å². The van der Waals surface area contributed by atoms with E-state index >= 15 is 0 Å². The SMILES string of the molecule is CCCCCCc1ccc(Nc2nc(N)c3ncn([C@H]4C[C@@H](O)[C@@H](CO)O4)c3n2)cc1O. The van der Waals surface area contributed by atoms with Crippen molar-refractivity contribution in [3.05, 3.63) is 30.1 Å². The molecule has 1 saturated heterocycles. The molecule has 1 aliphatic rings. The van der Waals surface area contributed by atoms with Gasteiger partial charge in [0.2, 0.25) is 5.95 Å². The topological polar surface area (TPSA) is 152 Å². The smallest absolute Gasteiger partial charge is 0.231 e. The van der Waals surface area contributed by atoms with E-state index in [0.29, 0.717) is 23.3 Å². The summed E-state index contributed by atoms with van der Waals surface area (Å²) in [5, 5.41) is 32.9. The third kappa shape index (κ3) is 4.62. The number of nitrogen functional groups attached to an aromatic ring is 1. The highest BCUT2D eigenvalue weighted by molar-refractivity contribution is 5.83. The van der Waals surface area contributed by atoms with Crippen LogP contribution in [-0.4, -0.2) is 53.7 Å². The van der Waals surface area contributed by atoms with E-state index in [4.69, 9.17) is 10.5 Å². The molecule has 10 nitrogen and oxygen atoms in total. The molecule has 2 aromatic heterocycles. The van der Waals surface area contributed by atoms with Gasteiger partial charge in [-0.1, -0.05) is 32.3 Å². The second kappa shape index (κ2) is 9.68. The Morgan fingerprint density at radius 1 is 1.25 bits per heavy atom. The first-order valence-corrected chi connectivity index (χ1v) is 11.0. The lowest BCUT2D eigenvalue weighted by molar-refractivity contribution is -0.0432. The zero-order chi connectivity index (χ0) is 22.7. The van der Waals surface area contributed by atoms with Crippen molar-refractivity contribution in [3.8, 4) is 5.75 Å². The number of unbranched alkanes of at least 4 members (excludes halogenated alkanes) is 3. The molecule has 172 valence electrons. The number of fused-ring (bicyclic) bond motifs is 1. The number of hydrogen-bond donors (Lipinski definition) is 5. The molecule has 32 heavy (non-hydrogen) atoms. The molecule has 10 heteroatoms. The number of aromatic hydroxyl groups is 1. The molecule has 1 aromatic carbocycles. The van der Waals surface area contributed by atoms with Gasteiger partial charge < -0.3 is 31.1 Å². The molecule has 0 spiro atoms. The first-order chi connectivity index (χ1) is 15.5. The highest BCUT2D eigenvalue weighted by atomic mass is 16.5. The number of imidazole rings is 1. The Balaban J connectivity index is 1.53. The van der Waals surface area contributed by atoms with Gasteiger partial charge in [0.15, 0.2) is 11.5 Å². The number of benzene rings is 1. The van der Waals surface area contributed by atoms with Crippen LogP contribution in [0.15, 0.2) is 24.5 Å². The van der Waals surface area contributed by atoms with Crippen LogP contribution in [0, 0.1) is 0 Å². The Kier molecular flexibility index (Phi) is 6.73. The summed E-state index contributed by atoms with van der Waals surface area (Å²) >= 11 is 0. The van der Waals surface area contributed by atoms with Crippen molar-refractivity contribution in [2.24, 2.45) is 0 Å². The minimum Gasteiger partial charge on any atom is -0.508 e. The van der Waals surface area contributed by atoms with Gasteiger partial charge in [-0.2, -0.15) is 9.97 Å². The van der Waals surface area contributed by atoms with Crippen molar-refractivity contribution >= 4 is 28.6 Å². The minimum absolute atomic E-state index is 0.199. The largest absolute Gasteiger partial charge is 0.508 e. The summed E-state index contributed by atoms with van der Waals surface area (Å²) in [7, 11) is 0. The van der Waals surface area contributed by atoms with Crippen LogP contribution in [0.4, 0.5) is 17.5 Å². The van der Waals surface area contributed by atoms with Crippen LogP contribution >= 0.6 is 0 Å². The number of nitrogens with zero attached hydrogens (tertiary/aromatic N) is 4. The molecule has 0 saturated carbocycles. The molecule has 3 aromatic rings. The quantitative estimate of drug-likeness (QED) is 0.315. The first kappa shape index (κ1) is 22.3. The second-order valence-corrected chi connectivity index (χ2v) is 8.15. The molecule has 3 heterocycles. The lowest BCUT2D eigenvalue weighted by Gasteiger charge is -2.14. The van der Waals surface area contributed by atoms with Crippen molar-refractivity contribution in [1.29, 1.82) is 0 Å². The van der Waals surface area contributed by atoms with E-state index in [-0.39, 0.29) is 24.1 Å². The number of aromatic nitrogens is 4. The number of nitrogens with two attached hydrogens (primary N) is 1. The van der Waals surface area contributed by atoms with Crippen LogP contribution in [-0.2, 0) is 11.2 Å². The molecule has 6 N–H and O–H groups in total. The predicted molar refractivity (Wildman–Crippen MR) is 121 cm³/mol. The molecular formula is C22H30N6O4. The number of hydrogen-bond acceptors (Lipinski definition) is 9. The highest BCUT2D eigenvalue weighted by Gasteiger charge is 2.35. The molecule has 0 unspecified atom stereocenters. The van der Waals surface area contributed by atoms with E-state index in [2.05, 4.69) is 27.2 Å². The number of phenolic OH excluding ortho intramolecular Hbond substituents is 1. The number of nitrogens with one attached hydrogen (secondary N) is 1. The Bertz CT molecular complexity index is 1070.